The van der Waals surface area contributed by atoms with Crippen molar-refractivity contribution in [2.24, 2.45) is 0 Å². The molecular formula is C20H22Cl2FN3O4S. The molecule has 31 heavy (non-hydrogen) atoms. The molecule has 7 nitrogen and oxygen atoms in total. The van der Waals surface area contributed by atoms with Gasteiger partial charge in [0.15, 0.2) is 0 Å². The molecule has 0 aromatic heterocycles. The first kappa shape index (κ1) is 24.9. The molecule has 0 aliphatic rings. The van der Waals surface area contributed by atoms with E-state index in [1.54, 1.807) is 12.1 Å². The van der Waals surface area contributed by atoms with E-state index >= 15 is 0 Å². The molecule has 0 fully saturated rings. The average Bonchev–Trinajstić information content (AvgIpc) is 2.69. The molecule has 2 aromatic rings. The van der Waals surface area contributed by atoms with Crippen molar-refractivity contribution in [1.29, 1.82) is 0 Å². The molecule has 0 radical (unpaired) electrons. The van der Waals surface area contributed by atoms with Crippen molar-refractivity contribution in [3.8, 4) is 0 Å². The van der Waals surface area contributed by atoms with Crippen LogP contribution in [-0.4, -0.2) is 51.0 Å². The molecule has 0 heterocycles. The zero-order valence-corrected chi connectivity index (χ0v) is 19.4. The molecule has 0 bridgehead atoms. The minimum Gasteiger partial charge on any atom is -0.357 e. The average molecular weight is 490 g/mol. The highest BCUT2D eigenvalue weighted by atomic mass is 35.5. The fourth-order valence-corrected chi connectivity index (χ4v) is 4.18. The van der Waals surface area contributed by atoms with Crippen LogP contribution in [0.1, 0.15) is 12.5 Å². The second-order valence-electron chi connectivity index (χ2n) is 6.80. The highest BCUT2D eigenvalue weighted by Gasteiger charge is 2.30. The Bertz CT molecular complexity index is 1080. The number of amides is 2. The van der Waals surface area contributed by atoms with Crippen LogP contribution >= 0.6 is 23.2 Å². The maximum Gasteiger partial charge on any atom is 0.244 e. The number of sulfonamides is 1. The third-order valence-corrected chi connectivity index (χ3v) is 6.27. The van der Waals surface area contributed by atoms with Gasteiger partial charge < -0.3 is 10.2 Å². The number of nitrogens with zero attached hydrogens (tertiary/aromatic N) is 2. The predicted octanol–water partition coefficient (Wildman–Crippen LogP) is 3.06. The molecule has 168 valence electrons. The molecule has 0 saturated carbocycles. The van der Waals surface area contributed by atoms with E-state index in [2.05, 4.69) is 5.32 Å². The number of benzene rings is 2. The molecule has 0 spiro atoms. The van der Waals surface area contributed by atoms with Crippen molar-refractivity contribution in [3.05, 3.63) is 63.9 Å². The van der Waals surface area contributed by atoms with Crippen LogP contribution in [0.4, 0.5) is 10.1 Å². The van der Waals surface area contributed by atoms with Gasteiger partial charge in [-0.15, -0.1) is 0 Å². The van der Waals surface area contributed by atoms with E-state index in [0.29, 0.717) is 15.6 Å². The van der Waals surface area contributed by atoms with E-state index in [4.69, 9.17) is 23.2 Å². The molecule has 0 saturated heterocycles. The Morgan fingerprint density at radius 3 is 2.39 bits per heavy atom. The second kappa shape index (κ2) is 10.3. The predicted molar refractivity (Wildman–Crippen MR) is 119 cm³/mol. The van der Waals surface area contributed by atoms with E-state index in [1.165, 1.54) is 37.1 Å². The number of halogens is 3. The summed E-state index contributed by atoms with van der Waals surface area (Å²) in [6, 6.07) is 8.66. The summed E-state index contributed by atoms with van der Waals surface area (Å²) in [5.74, 6) is -1.77. The van der Waals surface area contributed by atoms with Crippen LogP contribution < -0.4 is 9.62 Å². The Labute approximate surface area is 190 Å². The zero-order valence-electron chi connectivity index (χ0n) is 17.1. The Morgan fingerprint density at radius 1 is 1.16 bits per heavy atom. The molecule has 2 aromatic carbocycles. The van der Waals surface area contributed by atoms with Crippen molar-refractivity contribution >= 4 is 50.7 Å². The van der Waals surface area contributed by atoms with Crippen molar-refractivity contribution in [2.45, 2.75) is 19.5 Å². The van der Waals surface area contributed by atoms with Crippen LogP contribution in [0.5, 0.6) is 0 Å². The van der Waals surface area contributed by atoms with Crippen LogP contribution in [0.3, 0.4) is 0 Å². The summed E-state index contributed by atoms with van der Waals surface area (Å²) in [7, 11) is -2.50. The lowest BCUT2D eigenvalue weighted by Gasteiger charge is -2.31. The Morgan fingerprint density at radius 2 is 1.84 bits per heavy atom. The van der Waals surface area contributed by atoms with Crippen LogP contribution in [-0.2, 0) is 26.2 Å². The number of hydrogen-bond donors (Lipinski definition) is 1. The van der Waals surface area contributed by atoms with Gasteiger partial charge in [0.05, 0.1) is 11.9 Å². The maximum atomic E-state index is 13.7. The fraction of sp³-hybridized carbons (Fsp3) is 0.300. The number of hydrogen-bond acceptors (Lipinski definition) is 4. The SMILES string of the molecule is CNC(=O)[C@@H](C)N(Cc1ccc(Cl)cc1Cl)C(=O)CN(c1cccc(F)c1)S(C)(=O)=O. The summed E-state index contributed by atoms with van der Waals surface area (Å²) in [6.07, 6.45) is 0.910. The number of nitrogens with one attached hydrogen (secondary N) is 1. The molecule has 1 atom stereocenters. The van der Waals surface area contributed by atoms with Crippen LogP contribution in [0, 0.1) is 5.82 Å². The largest absolute Gasteiger partial charge is 0.357 e. The Hall–Kier alpha value is -2.36. The zero-order chi connectivity index (χ0) is 23.3. The molecule has 0 unspecified atom stereocenters. The maximum absolute atomic E-state index is 13.7. The summed E-state index contributed by atoms with van der Waals surface area (Å²) in [5.41, 5.74) is 0.514. The minimum atomic E-state index is -3.93. The number of carbonyl (C=O) groups excluding carboxylic acids is 2. The summed E-state index contributed by atoms with van der Waals surface area (Å²) in [4.78, 5) is 26.6. The van der Waals surface area contributed by atoms with Gasteiger partial charge in [0.2, 0.25) is 21.8 Å². The summed E-state index contributed by atoms with van der Waals surface area (Å²) >= 11 is 12.1. The van der Waals surface area contributed by atoms with Gasteiger partial charge in [-0.3, -0.25) is 13.9 Å². The van der Waals surface area contributed by atoms with Crippen molar-refractivity contribution in [1.82, 2.24) is 10.2 Å². The summed E-state index contributed by atoms with van der Waals surface area (Å²) < 4.78 is 39.1. The highest BCUT2D eigenvalue weighted by molar-refractivity contribution is 7.92. The van der Waals surface area contributed by atoms with Gasteiger partial charge in [-0.1, -0.05) is 35.3 Å². The monoisotopic (exact) mass is 489 g/mol. The number of carbonyl (C=O) groups is 2. The summed E-state index contributed by atoms with van der Waals surface area (Å²) in [6.45, 7) is 0.812. The number of anilines is 1. The van der Waals surface area contributed by atoms with Crippen molar-refractivity contribution < 1.29 is 22.4 Å². The normalized spacial score (nSPS) is 12.2. The van der Waals surface area contributed by atoms with Gasteiger partial charge in [0.1, 0.15) is 18.4 Å². The topological polar surface area (TPSA) is 86.8 Å². The Balaban J connectivity index is 2.41. The third-order valence-electron chi connectivity index (χ3n) is 4.54. The first-order chi connectivity index (χ1) is 14.4. The van der Waals surface area contributed by atoms with E-state index < -0.39 is 40.2 Å². The van der Waals surface area contributed by atoms with Gasteiger partial charge in [0, 0.05) is 23.6 Å². The molecule has 11 heteroatoms. The molecule has 2 rings (SSSR count). The van der Waals surface area contributed by atoms with Gasteiger partial charge in [-0.25, -0.2) is 12.8 Å². The van der Waals surface area contributed by atoms with E-state index in [1.807, 2.05) is 0 Å². The first-order valence-corrected chi connectivity index (χ1v) is 11.7. The molecule has 1 N–H and O–H groups in total. The molecule has 0 aliphatic heterocycles. The van der Waals surface area contributed by atoms with E-state index in [-0.39, 0.29) is 12.2 Å². The highest BCUT2D eigenvalue weighted by Crippen LogP contribution is 2.24. The van der Waals surface area contributed by atoms with Gasteiger partial charge in [-0.05, 0) is 42.8 Å². The minimum absolute atomic E-state index is 0.00655. The standard InChI is InChI=1S/C20H22Cl2FN3O4S/c1-13(20(28)24-2)25(11-14-7-8-15(21)9-18(14)22)19(27)12-26(31(3,29)30)17-6-4-5-16(23)10-17/h4-10,13H,11-12H2,1-3H3,(H,24,28)/t13-/m1/s1. The van der Waals surface area contributed by atoms with Gasteiger partial charge in [0.25, 0.3) is 0 Å². The Kier molecular flexibility index (Phi) is 8.27. The van der Waals surface area contributed by atoms with Crippen LogP contribution in [0.15, 0.2) is 42.5 Å². The number of rotatable bonds is 8. The van der Waals surface area contributed by atoms with E-state index in [0.717, 1.165) is 22.7 Å². The first-order valence-electron chi connectivity index (χ1n) is 9.12. The third kappa shape index (κ3) is 6.56. The molecular weight excluding hydrogens is 468 g/mol. The molecule has 0 aliphatic carbocycles. The molecule has 2 amide bonds. The lowest BCUT2D eigenvalue weighted by atomic mass is 10.1. The quantitative estimate of drug-likeness (QED) is 0.617. The van der Waals surface area contributed by atoms with E-state index in [9.17, 15) is 22.4 Å². The lowest BCUT2D eigenvalue weighted by Crippen LogP contribution is -2.50. The van der Waals surface area contributed by atoms with Crippen molar-refractivity contribution in [2.75, 3.05) is 24.2 Å². The van der Waals surface area contributed by atoms with Gasteiger partial charge >= 0.3 is 0 Å². The second-order valence-corrected chi connectivity index (χ2v) is 9.55. The lowest BCUT2D eigenvalue weighted by molar-refractivity contribution is -0.139. The summed E-state index contributed by atoms with van der Waals surface area (Å²) in [5, 5.41) is 3.16. The van der Waals surface area contributed by atoms with Crippen LogP contribution in [0.2, 0.25) is 10.0 Å². The number of likely N-dealkylation sites (N-methyl/N-ethyl adjacent to an activating group) is 1. The van der Waals surface area contributed by atoms with Crippen LogP contribution in [0.25, 0.3) is 0 Å². The fourth-order valence-electron chi connectivity index (χ4n) is 2.87. The smallest absolute Gasteiger partial charge is 0.244 e. The van der Waals surface area contributed by atoms with Crippen molar-refractivity contribution in [3.63, 3.8) is 0 Å². The van der Waals surface area contributed by atoms with Gasteiger partial charge in [-0.2, -0.15) is 0 Å².